The number of para-hydroxylation sites is 1. The van der Waals surface area contributed by atoms with Crippen molar-refractivity contribution < 1.29 is 23.1 Å². The van der Waals surface area contributed by atoms with Crippen LogP contribution in [0.15, 0.2) is 48.5 Å². The van der Waals surface area contributed by atoms with Crippen molar-refractivity contribution in [3.63, 3.8) is 0 Å². The molecule has 1 N–H and O–H groups in total. The summed E-state index contributed by atoms with van der Waals surface area (Å²) in [6, 6.07) is 11.9. The summed E-state index contributed by atoms with van der Waals surface area (Å²) in [5, 5.41) is 10.5. The van der Waals surface area contributed by atoms with E-state index >= 15 is 0 Å². The largest absolute Gasteiger partial charge is 0.451 e. The van der Waals surface area contributed by atoms with Crippen LogP contribution in [-0.2, 0) is 9.53 Å². The van der Waals surface area contributed by atoms with Gasteiger partial charge in [-0.3, -0.25) is 4.79 Å². The summed E-state index contributed by atoms with van der Waals surface area (Å²) in [5.41, 5.74) is 1.02. The molecule has 0 saturated carbocycles. The van der Waals surface area contributed by atoms with Crippen molar-refractivity contribution >= 4 is 17.6 Å². The Kier molecular flexibility index (Phi) is 5.20. The van der Waals surface area contributed by atoms with Gasteiger partial charge in [0.2, 0.25) is 0 Å². The maximum absolute atomic E-state index is 13.1. The molecule has 0 bridgehead atoms. The first kappa shape index (κ1) is 18.2. The highest BCUT2D eigenvalue weighted by Crippen LogP contribution is 2.13. The molecule has 0 aliphatic heterocycles. The average molecular weight is 372 g/mol. The van der Waals surface area contributed by atoms with Crippen molar-refractivity contribution in [2.24, 2.45) is 0 Å². The fourth-order valence-corrected chi connectivity index (χ4v) is 2.21. The molecule has 2 aromatic carbocycles. The Morgan fingerprint density at radius 3 is 2.52 bits per heavy atom. The molecule has 0 spiro atoms. The number of hydrogen-bond donors (Lipinski definition) is 1. The molecule has 1 aromatic heterocycles. The number of carbonyl (C=O) groups is 2. The molecular weight excluding hydrogens is 358 g/mol. The fourth-order valence-electron chi connectivity index (χ4n) is 2.21. The van der Waals surface area contributed by atoms with E-state index < -0.39 is 30.1 Å². The van der Waals surface area contributed by atoms with Gasteiger partial charge in [-0.1, -0.05) is 18.2 Å². The van der Waals surface area contributed by atoms with Gasteiger partial charge in [-0.15, -0.1) is 5.10 Å². The first-order valence-electron chi connectivity index (χ1n) is 7.85. The second-order valence-corrected chi connectivity index (χ2v) is 5.51. The summed E-state index contributed by atoms with van der Waals surface area (Å²) in [6.45, 7) is 0.972. The second-order valence-electron chi connectivity index (χ2n) is 5.51. The molecular formula is C18H14F2N4O3. The van der Waals surface area contributed by atoms with Gasteiger partial charge in [0.15, 0.2) is 23.9 Å². The van der Waals surface area contributed by atoms with Crippen LogP contribution in [0.3, 0.4) is 0 Å². The van der Waals surface area contributed by atoms with Gasteiger partial charge < -0.3 is 10.1 Å². The van der Waals surface area contributed by atoms with E-state index in [0.717, 1.165) is 12.1 Å². The Balaban J connectivity index is 1.61. The summed E-state index contributed by atoms with van der Waals surface area (Å²) in [5.74, 6) is -3.66. The van der Waals surface area contributed by atoms with E-state index in [1.807, 2.05) is 6.07 Å². The van der Waals surface area contributed by atoms with Gasteiger partial charge in [-0.2, -0.15) is 9.90 Å². The third kappa shape index (κ3) is 4.32. The number of ether oxygens (including phenoxy) is 1. The zero-order valence-electron chi connectivity index (χ0n) is 14.1. The monoisotopic (exact) mass is 372 g/mol. The van der Waals surface area contributed by atoms with Crippen molar-refractivity contribution in [2.75, 3.05) is 11.9 Å². The van der Waals surface area contributed by atoms with E-state index in [2.05, 4.69) is 15.5 Å². The summed E-state index contributed by atoms with van der Waals surface area (Å²) in [6.07, 6.45) is 0. The highest BCUT2D eigenvalue weighted by molar-refractivity contribution is 5.95. The van der Waals surface area contributed by atoms with E-state index in [0.29, 0.717) is 11.4 Å². The third-order valence-electron chi connectivity index (χ3n) is 3.50. The highest BCUT2D eigenvalue weighted by atomic mass is 19.2. The normalized spacial score (nSPS) is 10.5. The van der Waals surface area contributed by atoms with Crippen LogP contribution < -0.4 is 5.32 Å². The molecule has 9 heteroatoms. The molecule has 0 fully saturated rings. The molecule has 0 saturated heterocycles. The minimum absolute atomic E-state index is 0.0283. The van der Waals surface area contributed by atoms with Gasteiger partial charge in [0.05, 0.1) is 11.4 Å². The lowest BCUT2D eigenvalue weighted by molar-refractivity contribution is -0.119. The fraction of sp³-hybridized carbons (Fsp3) is 0.111. The molecule has 27 heavy (non-hydrogen) atoms. The Hall–Kier alpha value is -3.62. The number of aromatic nitrogens is 3. The number of rotatable bonds is 5. The summed E-state index contributed by atoms with van der Waals surface area (Å²) in [4.78, 5) is 25.2. The number of amides is 1. The zero-order chi connectivity index (χ0) is 19.4. The van der Waals surface area contributed by atoms with E-state index in [-0.39, 0.29) is 11.4 Å². The summed E-state index contributed by atoms with van der Waals surface area (Å²) < 4.78 is 30.9. The second kappa shape index (κ2) is 7.73. The number of hydrogen-bond acceptors (Lipinski definition) is 5. The van der Waals surface area contributed by atoms with Crippen LogP contribution in [-0.4, -0.2) is 33.5 Å². The maximum Gasteiger partial charge on any atom is 0.361 e. The van der Waals surface area contributed by atoms with E-state index in [1.54, 1.807) is 31.2 Å². The SMILES string of the molecule is Cc1nn(-c2ccccc2)nc1C(=O)OCC(=O)Nc1ccc(F)c(F)c1. The number of halogens is 2. The number of nitrogens with one attached hydrogen (secondary N) is 1. The van der Waals surface area contributed by atoms with Crippen LogP contribution in [0.5, 0.6) is 0 Å². The lowest BCUT2D eigenvalue weighted by Crippen LogP contribution is -2.21. The molecule has 0 unspecified atom stereocenters. The molecule has 3 aromatic rings. The van der Waals surface area contributed by atoms with Crippen molar-refractivity contribution in [2.45, 2.75) is 6.92 Å². The number of anilines is 1. The molecule has 0 aliphatic rings. The van der Waals surface area contributed by atoms with Gasteiger partial charge in [-0.05, 0) is 31.2 Å². The Morgan fingerprint density at radius 1 is 1.07 bits per heavy atom. The number of aryl methyl sites for hydroxylation is 1. The van der Waals surface area contributed by atoms with E-state index in [1.165, 1.54) is 10.9 Å². The van der Waals surface area contributed by atoms with Crippen molar-refractivity contribution in [1.29, 1.82) is 0 Å². The first-order chi connectivity index (χ1) is 12.9. The van der Waals surface area contributed by atoms with E-state index in [4.69, 9.17) is 4.74 Å². The van der Waals surface area contributed by atoms with Gasteiger partial charge in [0.25, 0.3) is 5.91 Å². The molecule has 138 valence electrons. The van der Waals surface area contributed by atoms with Crippen molar-refractivity contribution in [3.8, 4) is 5.69 Å². The maximum atomic E-state index is 13.1. The Labute approximate surface area is 152 Å². The van der Waals surface area contributed by atoms with Crippen LogP contribution in [0.1, 0.15) is 16.2 Å². The molecule has 0 aliphatic carbocycles. The van der Waals surface area contributed by atoms with Crippen molar-refractivity contribution in [1.82, 2.24) is 15.0 Å². The van der Waals surface area contributed by atoms with E-state index in [9.17, 15) is 18.4 Å². The predicted octanol–water partition coefficient (Wildman–Crippen LogP) is 2.65. The number of carbonyl (C=O) groups excluding carboxylic acids is 2. The predicted molar refractivity (Wildman–Crippen MR) is 91.4 cm³/mol. The van der Waals surface area contributed by atoms with Gasteiger partial charge in [0.1, 0.15) is 0 Å². The molecule has 7 nitrogen and oxygen atoms in total. The topological polar surface area (TPSA) is 86.1 Å². The van der Waals surface area contributed by atoms with Crippen LogP contribution >= 0.6 is 0 Å². The quantitative estimate of drug-likeness (QED) is 0.696. The van der Waals surface area contributed by atoms with Crippen LogP contribution in [0.2, 0.25) is 0 Å². The highest BCUT2D eigenvalue weighted by Gasteiger charge is 2.19. The molecule has 1 heterocycles. The molecule has 0 radical (unpaired) electrons. The zero-order valence-corrected chi connectivity index (χ0v) is 14.1. The van der Waals surface area contributed by atoms with Gasteiger partial charge in [0, 0.05) is 11.8 Å². The smallest absolute Gasteiger partial charge is 0.361 e. The van der Waals surface area contributed by atoms with Crippen LogP contribution in [0.25, 0.3) is 5.69 Å². The minimum atomic E-state index is -1.10. The molecule has 0 atom stereocenters. The van der Waals surface area contributed by atoms with Gasteiger partial charge in [-0.25, -0.2) is 13.6 Å². The lowest BCUT2D eigenvalue weighted by Gasteiger charge is -2.06. The lowest BCUT2D eigenvalue weighted by atomic mass is 10.3. The summed E-state index contributed by atoms with van der Waals surface area (Å²) in [7, 11) is 0. The minimum Gasteiger partial charge on any atom is -0.451 e. The number of nitrogens with zero attached hydrogens (tertiary/aromatic N) is 3. The number of benzene rings is 2. The van der Waals surface area contributed by atoms with Crippen molar-refractivity contribution in [3.05, 3.63) is 71.6 Å². The van der Waals surface area contributed by atoms with Gasteiger partial charge >= 0.3 is 5.97 Å². The standard InChI is InChI=1S/C18H14F2N4O3/c1-11-17(23-24(22-11)13-5-3-2-4-6-13)18(26)27-10-16(25)21-12-7-8-14(19)15(20)9-12/h2-9H,10H2,1H3,(H,21,25). The molecule has 3 rings (SSSR count). The number of esters is 1. The Morgan fingerprint density at radius 2 is 1.81 bits per heavy atom. The first-order valence-corrected chi connectivity index (χ1v) is 7.85. The summed E-state index contributed by atoms with van der Waals surface area (Å²) >= 11 is 0. The van der Waals surface area contributed by atoms with Crippen LogP contribution in [0, 0.1) is 18.6 Å². The molecule has 1 amide bonds. The van der Waals surface area contributed by atoms with Crippen LogP contribution in [0.4, 0.5) is 14.5 Å². The third-order valence-corrected chi connectivity index (χ3v) is 3.50. The average Bonchev–Trinajstić information content (AvgIpc) is 3.05. The Bertz CT molecular complexity index is 990.